The standard InChI is InChI=1S/C10H14.2C2H6/c1-3-9(2)10-7-5-4-6-8-10;2*1-2/h4-9H,3H2,1-2H3;2*1-2H3. The third-order valence-electron chi connectivity index (χ3n) is 1.98. The van der Waals surface area contributed by atoms with Crippen LogP contribution in [0.3, 0.4) is 0 Å². The van der Waals surface area contributed by atoms with Gasteiger partial charge in [-0.1, -0.05) is 71.9 Å². The van der Waals surface area contributed by atoms with E-state index in [0.717, 1.165) is 0 Å². The van der Waals surface area contributed by atoms with Crippen LogP contribution >= 0.6 is 0 Å². The lowest BCUT2D eigenvalue weighted by atomic mass is 9.99. The molecule has 0 saturated heterocycles. The van der Waals surface area contributed by atoms with Gasteiger partial charge in [0.2, 0.25) is 0 Å². The van der Waals surface area contributed by atoms with Crippen molar-refractivity contribution in [2.45, 2.75) is 53.9 Å². The summed E-state index contributed by atoms with van der Waals surface area (Å²) in [4.78, 5) is 0. The third kappa shape index (κ3) is 6.71. The van der Waals surface area contributed by atoms with Crippen molar-refractivity contribution in [3.63, 3.8) is 0 Å². The van der Waals surface area contributed by atoms with E-state index in [2.05, 4.69) is 44.2 Å². The van der Waals surface area contributed by atoms with E-state index in [0.29, 0.717) is 5.92 Å². The lowest BCUT2D eigenvalue weighted by molar-refractivity contribution is 0.733. The Kier molecular flexibility index (Phi) is 13.7. The molecule has 0 spiro atoms. The zero-order valence-corrected chi connectivity index (χ0v) is 10.7. The molecule has 0 aliphatic rings. The van der Waals surface area contributed by atoms with E-state index < -0.39 is 0 Å². The Morgan fingerprint density at radius 1 is 0.929 bits per heavy atom. The Morgan fingerprint density at radius 3 is 1.71 bits per heavy atom. The van der Waals surface area contributed by atoms with Crippen molar-refractivity contribution in [1.82, 2.24) is 0 Å². The van der Waals surface area contributed by atoms with E-state index in [9.17, 15) is 0 Å². The SMILES string of the molecule is CC.CC.CCC(C)c1ccccc1. The predicted octanol–water partition coefficient (Wildman–Crippen LogP) is 5.25. The Bertz CT molecular complexity index is 176. The molecule has 14 heavy (non-hydrogen) atoms. The van der Waals surface area contributed by atoms with Gasteiger partial charge in [-0.05, 0) is 17.9 Å². The van der Waals surface area contributed by atoms with Crippen molar-refractivity contribution in [2.24, 2.45) is 0 Å². The first-order valence-corrected chi connectivity index (χ1v) is 5.89. The summed E-state index contributed by atoms with van der Waals surface area (Å²) >= 11 is 0. The molecule has 0 amide bonds. The fraction of sp³-hybridized carbons (Fsp3) is 0.571. The zero-order chi connectivity index (χ0) is 11.4. The summed E-state index contributed by atoms with van der Waals surface area (Å²) in [6.45, 7) is 12.5. The molecule has 0 fully saturated rings. The molecule has 0 N–H and O–H groups in total. The minimum atomic E-state index is 0.709. The highest BCUT2D eigenvalue weighted by Crippen LogP contribution is 2.16. The summed E-state index contributed by atoms with van der Waals surface area (Å²) in [5, 5.41) is 0. The maximum absolute atomic E-state index is 2.26. The molecule has 0 saturated carbocycles. The molecule has 1 unspecified atom stereocenters. The number of hydrogen-bond acceptors (Lipinski definition) is 0. The van der Waals surface area contributed by atoms with Gasteiger partial charge in [-0.15, -0.1) is 0 Å². The van der Waals surface area contributed by atoms with E-state index in [-0.39, 0.29) is 0 Å². The molecule has 0 aliphatic carbocycles. The molecule has 0 heteroatoms. The minimum absolute atomic E-state index is 0.709. The highest BCUT2D eigenvalue weighted by molar-refractivity contribution is 5.18. The van der Waals surface area contributed by atoms with Crippen LogP contribution in [0.1, 0.15) is 59.4 Å². The number of benzene rings is 1. The molecule has 0 heterocycles. The Morgan fingerprint density at radius 2 is 1.36 bits per heavy atom. The predicted molar refractivity (Wildman–Crippen MR) is 67.8 cm³/mol. The van der Waals surface area contributed by atoms with Gasteiger partial charge >= 0.3 is 0 Å². The van der Waals surface area contributed by atoms with Crippen molar-refractivity contribution in [1.29, 1.82) is 0 Å². The summed E-state index contributed by atoms with van der Waals surface area (Å²) in [6, 6.07) is 10.6. The number of hydrogen-bond donors (Lipinski definition) is 0. The minimum Gasteiger partial charge on any atom is -0.0683 e. The number of rotatable bonds is 2. The lowest BCUT2D eigenvalue weighted by Gasteiger charge is -2.06. The van der Waals surface area contributed by atoms with E-state index >= 15 is 0 Å². The van der Waals surface area contributed by atoms with Gasteiger partial charge in [-0.3, -0.25) is 0 Å². The summed E-state index contributed by atoms with van der Waals surface area (Å²) in [6.07, 6.45) is 1.23. The average Bonchev–Trinajstić information content (AvgIpc) is 2.34. The topological polar surface area (TPSA) is 0 Å². The zero-order valence-electron chi connectivity index (χ0n) is 10.7. The van der Waals surface area contributed by atoms with Gasteiger partial charge in [0.25, 0.3) is 0 Å². The lowest BCUT2D eigenvalue weighted by Crippen LogP contribution is -1.88. The van der Waals surface area contributed by atoms with Gasteiger partial charge < -0.3 is 0 Å². The molecule has 0 aromatic heterocycles. The Hall–Kier alpha value is -0.780. The van der Waals surface area contributed by atoms with Crippen LogP contribution in [-0.4, -0.2) is 0 Å². The van der Waals surface area contributed by atoms with Gasteiger partial charge in [0.05, 0.1) is 0 Å². The largest absolute Gasteiger partial charge is 0.0683 e. The van der Waals surface area contributed by atoms with E-state index in [4.69, 9.17) is 0 Å². The van der Waals surface area contributed by atoms with Crippen LogP contribution in [0.15, 0.2) is 30.3 Å². The summed E-state index contributed by atoms with van der Waals surface area (Å²) in [5.41, 5.74) is 1.45. The first kappa shape index (κ1) is 15.7. The molecule has 0 nitrogen and oxygen atoms in total. The van der Waals surface area contributed by atoms with Gasteiger partial charge in [0.15, 0.2) is 0 Å². The quantitative estimate of drug-likeness (QED) is 0.603. The van der Waals surface area contributed by atoms with E-state index in [1.807, 2.05) is 27.7 Å². The van der Waals surface area contributed by atoms with Gasteiger partial charge in [0.1, 0.15) is 0 Å². The first-order chi connectivity index (χ1) is 6.84. The van der Waals surface area contributed by atoms with Gasteiger partial charge in [0, 0.05) is 0 Å². The first-order valence-electron chi connectivity index (χ1n) is 5.89. The van der Waals surface area contributed by atoms with Crippen LogP contribution in [0.4, 0.5) is 0 Å². The summed E-state index contributed by atoms with van der Waals surface area (Å²) < 4.78 is 0. The van der Waals surface area contributed by atoms with Crippen LogP contribution in [0.5, 0.6) is 0 Å². The van der Waals surface area contributed by atoms with Crippen molar-refractivity contribution in [2.75, 3.05) is 0 Å². The molecule has 1 aromatic carbocycles. The molecular formula is C14H26. The molecule has 0 bridgehead atoms. The molecule has 1 atom stereocenters. The highest BCUT2D eigenvalue weighted by Gasteiger charge is 1.98. The fourth-order valence-electron chi connectivity index (χ4n) is 1.02. The van der Waals surface area contributed by atoms with Crippen LogP contribution in [0.25, 0.3) is 0 Å². The molecule has 1 rings (SSSR count). The average molecular weight is 194 g/mol. The second-order valence-electron chi connectivity index (χ2n) is 2.72. The fourth-order valence-corrected chi connectivity index (χ4v) is 1.02. The molecule has 0 radical (unpaired) electrons. The second kappa shape index (κ2) is 12.2. The monoisotopic (exact) mass is 194 g/mol. The normalized spacial score (nSPS) is 10.1. The summed E-state index contributed by atoms with van der Waals surface area (Å²) in [7, 11) is 0. The summed E-state index contributed by atoms with van der Waals surface area (Å²) in [5.74, 6) is 0.709. The second-order valence-corrected chi connectivity index (χ2v) is 2.72. The smallest absolute Gasteiger partial charge is 0.0193 e. The molecule has 1 aromatic rings. The van der Waals surface area contributed by atoms with Crippen molar-refractivity contribution in [3.05, 3.63) is 35.9 Å². The van der Waals surface area contributed by atoms with E-state index in [1.54, 1.807) is 0 Å². The van der Waals surface area contributed by atoms with Crippen LogP contribution in [0.2, 0.25) is 0 Å². The molecule has 0 aliphatic heterocycles. The maximum atomic E-state index is 2.26. The Labute approximate surface area is 90.4 Å². The highest BCUT2D eigenvalue weighted by atomic mass is 14.0. The van der Waals surface area contributed by atoms with Gasteiger partial charge in [-0.2, -0.15) is 0 Å². The maximum Gasteiger partial charge on any atom is -0.0193 e. The Balaban J connectivity index is 0. The van der Waals surface area contributed by atoms with Gasteiger partial charge in [-0.25, -0.2) is 0 Å². The molecule has 82 valence electrons. The van der Waals surface area contributed by atoms with Crippen molar-refractivity contribution < 1.29 is 0 Å². The van der Waals surface area contributed by atoms with E-state index in [1.165, 1.54) is 12.0 Å². The molecular weight excluding hydrogens is 168 g/mol. The van der Waals surface area contributed by atoms with Crippen molar-refractivity contribution in [3.8, 4) is 0 Å². The van der Waals surface area contributed by atoms with Crippen molar-refractivity contribution >= 4 is 0 Å². The van der Waals surface area contributed by atoms with Crippen LogP contribution < -0.4 is 0 Å². The van der Waals surface area contributed by atoms with Crippen LogP contribution in [-0.2, 0) is 0 Å². The van der Waals surface area contributed by atoms with Crippen LogP contribution in [0, 0.1) is 0 Å². The third-order valence-corrected chi connectivity index (χ3v) is 1.98.